The lowest BCUT2D eigenvalue weighted by molar-refractivity contribution is -0.129. The molecular weight excluding hydrogens is 366 g/mol. The molecule has 0 saturated heterocycles. The van der Waals surface area contributed by atoms with E-state index in [1.54, 1.807) is 7.11 Å². The van der Waals surface area contributed by atoms with E-state index in [1.807, 2.05) is 63.2 Å². The average Bonchev–Trinajstić information content (AvgIpc) is 2.70. The molecule has 1 aliphatic heterocycles. The number of carbonyl (C=O) groups excluding carboxylic acids is 1. The number of aryl methyl sites for hydroxylation is 1. The molecular formula is C24H31NO4. The summed E-state index contributed by atoms with van der Waals surface area (Å²) in [6.45, 7) is 8.12. The van der Waals surface area contributed by atoms with Crippen molar-refractivity contribution in [3.05, 3.63) is 53.6 Å². The van der Waals surface area contributed by atoms with E-state index in [1.165, 1.54) is 5.56 Å². The summed E-state index contributed by atoms with van der Waals surface area (Å²) in [6.07, 6.45) is 1.69. The van der Waals surface area contributed by atoms with E-state index in [0.29, 0.717) is 18.6 Å². The zero-order valence-electron chi connectivity index (χ0n) is 18.0. The van der Waals surface area contributed by atoms with Crippen molar-refractivity contribution in [2.75, 3.05) is 7.11 Å². The van der Waals surface area contributed by atoms with Gasteiger partial charge in [-0.3, -0.25) is 4.79 Å². The lowest BCUT2D eigenvalue weighted by Crippen LogP contribution is -2.45. The lowest BCUT2D eigenvalue weighted by atomic mass is 9.89. The molecule has 0 radical (unpaired) electrons. The molecule has 0 aliphatic carbocycles. The van der Waals surface area contributed by atoms with Gasteiger partial charge in [-0.1, -0.05) is 26.0 Å². The van der Waals surface area contributed by atoms with Gasteiger partial charge in [0.15, 0.2) is 6.10 Å². The molecule has 29 heavy (non-hydrogen) atoms. The van der Waals surface area contributed by atoms with Crippen molar-refractivity contribution in [1.82, 2.24) is 5.32 Å². The van der Waals surface area contributed by atoms with Crippen LogP contribution in [0.25, 0.3) is 0 Å². The Morgan fingerprint density at radius 1 is 1.17 bits per heavy atom. The standard InChI is InChI=1S/C24H31NO4/c1-6-16-8-10-17(11-9-16)28-21(7-2)23(26)25-20-15-24(3,4)29-22-14-18(27-5)12-13-19(20)22/h8-14,20-21H,6-7,15H2,1-5H3,(H,25,26)/t20-,21-/m0/s1. The lowest BCUT2D eigenvalue weighted by Gasteiger charge is -2.38. The van der Waals surface area contributed by atoms with E-state index in [2.05, 4.69) is 12.2 Å². The minimum atomic E-state index is -0.546. The second-order valence-electron chi connectivity index (χ2n) is 8.04. The van der Waals surface area contributed by atoms with Gasteiger partial charge >= 0.3 is 0 Å². The highest BCUT2D eigenvalue weighted by Gasteiger charge is 2.36. The van der Waals surface area contributed by atoms with Crippen LogP contribution in [0.5, 0.6) is 17.2 Å². The Bertz CT molecular complexity index is 844. The predicted molar refractivity (Wildman–Crippen MR) is 114 cm³/mol. The first-order valence-electron chi connectivity index (χ1n) is 10.3. The molecule has 2 aromatic rings. The first kappa shape index (κ1) is 21.0. The van der Waals surface area contributed by atoms with Gasteiger partial charge in [0.1, 0.15) is 22.8 Å². The molecule has 1 aliphatic rings. The third-order valence-electron chi connectivity index (χ3n) is 5.27. The number of rotatable bonds is 7. The molecule has 0 spiro atoms. The van der Waals surface area contributed by atoms with Gasteiger partial charge in [0, 0.05) is 18.1 Å². The molecule has 0 unspecified atom stereocenters. The Kier molecular flexibility index (Phi) is 6.36. The van der Waals surface area contributed by atoms with Gasteiger partial charge in [0.25, 0.3) is 5.91 Å². The van der Waals surface area contributed by atoms with Crippen LogP contribution in [0.3, 0.4) is 0 Å². The highest BCUT2D eigenvalue weighted by atomic mass is 16.5. The second kappa shape index (κ2) is 8.76. The second-order valence-corrected chi connectivity index (χ2v) is 8.04. The van der Waals surface area contributed by atoms with Crippen LogP contribution in [-0.2, 0) is 11.2 Å². The van der Waals surface area contributed by atoms with Crippen LogP contribution in [0.2, 0.25) is 0 Å². The number of fused-ring (bicyclic) bond motifs is 1. The largest absolute Gasteiger partial charge is 0.497 e. The molecule has 0 fully saturated rings. The van der Waals surface area contributed by atoms with Crippen LogP contribution in [0.1, 0.15) is 57.7 Å². The summed E-state index contributed by atoms with van der Waals surface area (Å²) >= 11 is 0. The maximum absolute atomic E-state index is 13.0. The van der Waals surface area contributed by atoms with Crippen molar-refractivity contribution < 1.29 is 19.0 Å². The van der Waals surface area contributed by atoms with E-state index in [9.17, 15) is 4.79 Å². The van der Waals surface area contributed by atoms with Gasteiger partial charge in [0.05, 0.1) is 13.2 Å². The monoisotopic (exact) mass is 397 g/mol. The maximum atomic E-state index is 13.0. The minimum absolute atomic E-state index is 0.114. The fourth-order valence-electron chi connectivity index (χ4n) is 3.64. The van der Waals surface area contributed by atoms with Crippen molar-refractivity contribution in [3.63, 3.8) is 0 Å². The zero-order chi connectivity index (χ0) is 21.0. The Hall–Kier alpha value is -2.69. The molecule has 0 aromatic heterocycles. The number of benzene rings is 2. The average molecular weight is 398 g/mol. The van der Waals surface area contributed by atoms with Crippen molar-refractivity contribution in [3.8, 4) is 17.2 Å². The minimum Gasteiger partial charge on any atom is -0.497 e. The quantitative estimate of drug-likeness (QED) is 0.727. The van der Waals surface area contributed by atoms with Crippen molar-refractivity contribution in [2.24, 2.45) is 0 Å². The zero-order valence-corrected chi connectivity index (χ0v) is 18.0. The van der Waals surface area contributed by atoms with Crippen molar-refractivity contribution >= 4 is 5.91 Å². The smallest absolute Gasteiger partial charge is 0.261 e. The molecule has 5 heteroatoms. The Morgan fingerprint density at radius 3 is 2.48 bits per heavy atom. The number of amides is 1. The normalized spacial score (nSPS) is 18.2. The molecule has 2 aromatic carbocycles. The first-order chi connectivity index (χ1) is 13.8. The topological polar surface area (TPSA) is 56.8 Å². The molecule has 1 heterocycles. The summed E-state index contributed by atoms with van der Waals surface area (Å²) in [5.41, 5.74) is 1.81. The van der Waals surface area contributed by atoms with E-state index in [4.69, 9.17) is 14.2 Å². The van der Waals surface area contributed by atoms with Crippen LogP contribution >= 0.6 is 0 Å². The molecule has 0 saturated carbocycles. The van der Waals surface area contributed by atoms with Crippen LogP contribution in [-0.4, -0.2) is 24.7 Å². The molecule has 2 atom stereocenters. The molecule has 5 nitrogen and oxygen atoms in total. The Labute approximate surface area is 173 Å². The molecule has 1 N–H and O–H groups in total. The maximum Gasteiger partial charge on any atom is 0.261 e. The molecule has 3 rings (SSSR count). The van der Waals surface area contributed by atoms with Crippen molar-refractivity contribution in [2.45, 2.75) is 64.7 Å². The Balaban J connectivity index is 1.75. The van der Waals surface area contributed by atoms with Crippen LogP contribution in [0.4, 0.5) is 0 Å². The highest BCUT2D eigenvalue weighted by Crippen LogP contribution is 2.41. The van der Waals surface area contributed by atoms with Gasteiger partial charge in [-0.2, -0.15) is 0 Å². The summed E-state index contributed by atoms with van der Waals surface area (Å²) in [4.78, 5) is 13.0. The molecule has 156 valence electrons. The Morgan fingerprint density at radius 2 is 1.86 bits per heavy atom. The number of carbonyl (C=O) groups is 1. The summed E-state index contributed by atoms with van der Waals surface area (Å²) in [6, 6.07) is 13.5. The van der Waals surface area contributed by atoms with E-state index in [0.717, 1.165) is 23.5 Å². The van der Waals surface area contributed by atoms with Gasteiger partial charge in [0.2, 0.25) is 0 Å². The molecule has 0 bridgehead atoms. The van der Waals surface area contributed by atoms with E-state index >= 15 is 0 Å². The van der Waals surface area contributed by atoms with Gasteiger partial charge in [-0.25, -0.2) is 0 Å². The summed E-state index contributed by atoms with van der Waals surface area (Å²) in [5.74, 6) is 2.07. The van der Waals surface area contributed by atoms with E-state index in [-0.39, 0.29) is 11.9 Å². The van der Waals surface area contributed by atoms with Gasteiger partial charge in [-0.15, -0.1) is 0 Å². The number of hydrogen-bond donors (Lipinski definition) is 1. The highest BCUT2D eigenvalue weighted by molar-refractivity contribution is 5.81. The van der Waals surface area contributed by atoms with Crippen LogP contribution in [0.15, 0.2) is 42.5 Å². The third kappa shape index (κ3) is 5.03. The van der Waals surface area contributed by atoms with Gasteiger partial charge < -0.3 is 19.5 Å². The van der Waals surface area contributed by atoms with Crippen LogP contribution in [0, 0.1) is 0 Å². The summed E-state index contributed by atoms with van der Waals surface area (Å²) in [7, 11) is 1.63. The fraction of sp³-hybridized carbons (Fsp3) is 0.458. The third-order valence-corrected chi connectivity index (χ3v) is 5.27. The summed E-state index contributed by atoms with van der Waals surface area (Å²) in [5, 5.41) is 3.18. The number of nitrogens with one attached hydrogen (secondary N) is 1. The van der Waals surface area contributed by atoms with Crippen molar-refractivity contribution in [1.29, 1.82) is 0 Å². The fourth-order valence-corrected chi connectivity index (χ4v) is 3.64. The first-order valence-corrected chi connectivity index (χ1v) is 10.3. The summed E-state index contributed by atoms with van der Waals surface area (Å²) < 4.78 is 17.4. The number of methoxy groups -OCH3 is 1. The SMILES string of the molecule is CCc1ccc(O[C@@H](CC)C(=O)N[C@H]2CC(C)(C)Oc3cc(OC)ccc32)cc1. The van der Waals surface area contributed by atoms with E-state index < -0.39 is 11.7 Å². The number of hydrogen-bond acceptors (Lipinski definition) is 4. The number of ether oxygens (including phenoxy) is 3. The molecule has 1 amide bonds. The van der Waals surface area contributed by atoms with Gasteiger partial charge in [-0.05, 0) is 56.5 Å². The predicted octanol–water partition coefficient (Wildman–Crippen LogP) is 4.83. The van der Waals surface area contributed by atoms with Crippen LogP contribution < -0.4 is 19.5 Å².